The number of likely N-dealkylation sites (tertiary alicyclic amines) is 1. The second-order valence-corrected chi connectivity index (χ2v) is 10.8. The molecule has 7 atom stereocenters. The van der Waals surface area contributed by atoms with Crippen molar-refractivity contribution in [1.82, 2.24) is 15.5 Å². The lowest BCUT2D eigenvalue weighted by molar-refractivity contribution is -0.187. The van der Waals surface area contributed by atoms with Gasteiger partial charge in [0.2, 0.25) is 11.8 Å². The topological polar surface area (TPSA) is 128 Å². The van der Waals surface area contributed by atoms with Gasteiger partial charge in [-0.15, -0.1) is 6.58 Å². The Morgan fingerprint density at radius 3 is 2.59 bits per heavy atom. The van der Waals surface area contributed by atoms with Crippen LogP contribution in [0.15, 0.2) is 12.7 Å². The van der Waals surface area contributed by atoms with Crippen molar-refractivity contribution in [3.63, 3.8) is 0 Å². The molecule has 2 aliphatic carbocycles. The molecule has 0 aromatic heterocycles. The van der Waals surface area contributed by atoms with Crippen LogP contribution in [0, 0.1) is 22.7 Å². The molecule has 0 radical (unpaired) electrons. The maximum absolute atomic E-state index is 13.2. The standard InChI is InChI=1S/C25H41N3O6/c1-5-11-26-23(33)34-21-8-10-24(3)18(19(31)6-7-20(24)25(21,4)15-29)13-22(32)28-12-9-17(14-28)27-16(2)30/h5,17-21,29,31H,1,6-15H2,2-4H3,(H,26,33)(H,27,30). The van der Waals surface area contributed by atoms with E-state index >= 15 is 0 Å². The third-order valence-corrected chi connectivity index (χ3v) is 8.66. The van der Waals surface area contributed by atoms with E-state index in [2.05, 4.69) is 24.1 Å². The Bertz CT molecular complexity index is 791. The fraction of sp³-hybridized carbons (Fsp3) is 0.800. The van der Waals surface area contributed by atoms with Crippen LogP contribution in [0.5, 0.6) is 0 Å². The summed E-state index contributed by atoms with van der Waals surface area (Å²) in [5.41, 5.74) is -1.05. The average molecular weight is 480 g/mol. The second kappa shape index (κ2) is 10.6. The van der Waals surface area contributed by atoms with Gasteiger partial charge in [0.15, 0.2) is 0 Å². The molecule has 0 aromatic carbocycles. The van der Waals surface area contributed by atoms with Gasteiger partial charge < -0.3 is 30.5 Å². The molecule has 34 heavy (non-hydrogen) atoms. The smallest absolute Gasteiger partial charge is 0.407 e. The van der Waals surface area contributed by atoms with E-state index in [1.165, 1.54) is 6.92 Å². The number of ether oxygens (including phenoxy) is 1. The van der Waals surface area contributed by atoms with Crippen molar-refractivity contribution in [3.05, 3.63) is 12.7 Å². The molecule has 2 saturated carbocycles. The molecule has 1 aliphatic heterocycles. The molecule has 3 rings (SSSR count). The van der Waals surface area contributed by atoms with Crippen molar-refractivity contribution in [1.29, 1.82) is 0 Å². The van der Waals surface area contributed by atoms with Crippen LogP contribution in [0.25, 0.3) is 0 Å². The van der Waals surface area contributed by atoms with E-state index in [4.69, 9.17) is 4.74 Å². The highest BCUT2D eigenvalue weighted by Gasteiger charge is 2.60. The summed E-state index contributed by atoms with van der Waals surface area (Å²) < 4.78 is 5.73. The van der Waals surface area contributed by atoms with Crippen LogP contribution in [-0.4, -0.2) is 77.5 Å². The summed E-state index contributed by atoms with van der Waals surface area (Å²) in [5.74, 6) is -0.368. The SMILES string of the molecule is C=CCNC(=O)OC1CCC2(C)C(CC(=O)N3CCC(NC(C)=O)C3)C(O)CCC2C1(C)CO. The number of nitrogens with one attached hydrogen (secondary N) is 2. The van der Waals surface area contributed by atoms with Crippen LogP contribution >= 0.6 is 0 Å². The fourth-order valence-electron chi connectivity index (χ4n) is 6.82. The molecule has 3 amide bonds. The highest BCUT2D eigenvalue weighted by Crippen LogP contribution is 2.61. The summed E-state index contributed by atoms with van der Waals surface area (Å²) in [4.78, 5) is 38.6. The summed E-state index contributed by atoms with van der Waals surface area (Å²) in [7, 11) is 0. The molecule has 0 bridgehead atoms. The first-order chi connectivity index (χ1) is 16.0. The summed E-state index contributed by atoms with van der Waals surface area (Å²) in [6.07, 6.45) is 3.43. The zero-order chi connectivity index (χ0) is 25.1. The van der Waals surface area contributed by atoms with Crippen LogP contribution in [0.1, 0.15) is 59.3 Å². The quantitative estimate of drug-likeness (QED) is 0.411. The van der Waals surface area contributed by atoms with E-state index in [1.54, 1.807) is 11.0 Å². The number of aliphatic hydroxyl groups excluding tert-OH is 2. The van der Waals surface area contributed by atoms with E-state index in [1.807, 2.05) is 6.92 Å². The molecule has 9 nitrogen and oxygen atoms in total. The van der Waals surface area contributed by atoms with E-state index in [9.17, 15) is 24.6 Å². The zero-order valence-electron chi connectivity index (χ0n) is 20.7. The molecule has 0 spiro atoms. The Kier molecular flexibility index (Phi) is 8.29. The second-order valence-electron chi connectivity index (χ2n) is 10.8. The first kappa shape index (κ1) is 26.5. The van der Waals surface area contributed by atoms with Crippen LogP contribution in [0.4, 0.5) is 4.79 Å². The number of nitrogens with zero attached hydrogens (tertiary/aromatic N) is 1. The largest absolute Gasteiger partial charge is 0.446 e. The normalized spacial score (nSPS) is 37.4. The van der Waals surface area contributed by atoms with Gasteiger partial charge in [0.25, 0.3) is 0 Å². The molecule has 1 saturated heterocycles. The lowest BCUT2D eigenvalue weighted by Gasteiger charge is -2.60. The van der Waals surface area contributed by atoms with Crippen molar-refractivity contribution in [2.24, 2.45) is 22.7 Å². The van der Waals surface area contributed by atoms with Gasteiger partial charge in [-0.25, -0.2) is 4.79 Å². The van der Waals surface area contributed by atoms with Gasteiger partial charge in [0.05, 0.1) is 12.7 Å². The van der Waals surface area contributed by atoms with Gasteiger partial charge in [-0.3, -0.25) is 9.59 Å². The van der Waals surface area contributed by atoms with Gasteiger partial charge in [0.1, 0.15) is 6.10 Å². The highest BCUT2D eigenvalue weighted by atomic mass is 16.6. The maximum atomic E-state index is 13.2. The molecule has 192 valence electrons. The third-order valence-electron chi connectivity index (χ3n) is 8.66. The van der Waals surface area contributed by atoms with Crippen molar-refractivity contribution >= 4 is 17.9 Å². The first-order valence-corrected chi connectivity index (χ1v) is 12.4. The Balaban J connectivity index is 1.74. The van der Waals surface area contributed by atoms with Crippen molar-refractivity contribution in [3.8, 4) is 0 Å². The van der Waals surface area contributed by atoms with E-state index in [-0.39, 0.29) is 48.1 Å². The Labute approximate surface area is 202 Å². The van der Waals surface area contributed by atoms with E-state index < -0.39 is 23.7 Å². The average Bonchev–Trinajstić information content (AvgIpc) is 3.24. The molecular weight excluding hydrogens is 438 g/mol. The molecule has 4 N–H and O–H groups in total. The predicted molar refractivity (Wildman–Crippen MR) is 127 cm³/mol. The maximum Gasteiger partial charge on any atom is 0.407 e. The minimum atomic E-state index is -0.676. The first-order valence-electron chi connectivity index (χ1n) is 12.4. The molecule has 9 heteroatoms. The lowest BCUT2D eigenvalue weighted by atomic mass is 9.46. The van der Waals surface area contributed by atoms with Gasteiger partial charge in [0, 0.05) is 44.4 Å². The van der Waals surface area contributed by atoms with Crippen molar-refractivity contribution in [2.75, 3.05) is 26.2 Å². The Hall–Kier alpha value is -2.13. The molecule has 3 fully saturated rings. The van der Waals surface area contributed by atoms with E-state index in [0.717, 1.165) is 6.42 Å². The van der Waals surface area contributed by atoms with Crippen LogP contribution in [-0.2, 0) is 14.3 Å². The lowest BCUT2D eigenvalue weighted by Crippen LogP contribution is -2.61. The Morgan fingerprint density at radius 1 is 1.21 bits per heavy atom. The van der Waals surface area contributed by atoms with Crippen LogP contribution < -0.4 is 10.6 Å². The summed E-state index contributed by atoms with van der Waals surface area (Å²) in [6, 6.07) is -0.0291. The minimum Gasteiger partial charge on any atom is -0.446 e. The van der Waals surface area contributed by atoms with Crippen molar-refractivity contribution < 1.29 is 29.3 Å². The molecule has 1 heterocycles. The zero-order valence-corrected chi connectivity index (χ0v) is 20.7. The number of amides is 3. The van der Waals surface area contributed by atoms with Gasteiger partial charge in [-0.1, -0.05) is 19.9 Å². The summed E-state index contributed by atoms with van der Waals surface area (Å²) in [5, 5.41) is 27.0. The number of aliphatic hydroxyl groups is 2. The fourth-order valence-corrected chi connectivity index (χ4v) is 6.82. The monoisotopic (exact) mass is 479 g/mol. The van der Waals surface area contributed by atoms with Gasteiger partial charge >= 0.3 is 6.09 Å². The van der Waals surface area contributed by atoms with Gasteiger partial charge in [-0.05, 0) is 49.4 Å². The molecule has 3 aliphatic rings. The number of hydrogen-bond acceptors (Lipinski definition) is 6. The number of rotatable bonds is 7. The molecule has 7 unspecified atom stereocenters. The minimum absolute atomic E-state index is 0.00773. The summed E-state index contributed by atoms with van der Waals surface area (Å²) in [6.45, 7) is 10.4. The number of carbonyl (C=O) groups is 3. The number of hydrogen-bond donors (Lipinski definition) is 4. The molecule has 0 aromatic rings. The van der Waals surface area contributed by atoms with E-state index in [0.29, 0.717) is 45.3 Å². The molecular formula is C25H41N3O6. The Morgan fingerprint density at radius 2 is 1.94 bits per heavy atom. The van der Waals surface area contributed by atoms with Crippen molar-refractivity contribution in [2.45, 2.75) is 77.5 Å². The predicted octanol–water partition coefficient (Wildman–Crippen LogP) is 1.58. The number of alkyl carbamates (subject to hydrolysis) is 1. The number of fused-ring (bicyclic) bond motifs is 1. The third kappa shape index (κ3) is 5.25. The highest BCUT2D eigenvalue weighted by molar-refractivity contribution is 5.77. The van der Waals surface area contributed by atoms with Gasteiger partial charge in [-0.2, -0.15) is 0 Å². The van der Waals surface area contributed by atoms with Crippen LogP contribution in [0.3, 0.4) is 0 Å². The number of carbonyl (C=O) groups excluding carboxylic acids is 3. The summed E-state index contributed by atoms with van der Waals surface area (Å²) >= 11 is 0. The van der Waals surface area contributed by atoms with Crippen LogP contribution in [0.2, 0.25) is 0 Å².